The van der Waals surface area contributed by atoms with E-state index in [2.05, 4.69) is 63.1 Å². The molecule has 3 heteroatoms. The Morgan fingerprint density at radius 1 is 1.11 bits per heavy atom. The van der Waals surface area contributed by atoms with Crippen molar-refractivity contribution in [3.05, 3.63) is 30.5 Å². The van der Waals surface area contributed by atoms with Crippen LogP contribution in [0, 0.1) is 0 Å². The maximum absolute atomic E-state index is 2.40. The first-order valence-corrected chi connectivity index (χ1v) is 6.44. The van der Waals surface area contributed by atoms with Crippen LogP contribution in [0.4, 0.5) is 5.69 Å². The summed E-state index contributed by atoms with van der Waals surface area (Å²) < 4.78 is 3.28. The minimum absolute atomic E-state index is 0. The summed E-state index contributed by atoms with van der Waals surface area (Å²) in [7, 11) is 6.68. The number of para-hydroxylation sites is 1. The van der Waals surface area contributed by atoms with Gasteiger partial charge in [-0.2, -0.15) is 0 Å². The van der Waals surface area contributed by atoms with Crippen molar-refractivity contribution in [3.63, 3.8) is 0 Å². The van der Waals surface area contributed by atoms with Gasteiger partial charge in [0.25, 0.3) is 0 Å². The van der Waals surface area contributed by atoms with Crippen LogP contribution in [-0.4, -0.2) is 25.7 Å². The minimum atomic E-state index is 0. The number of quaternary nitrogens is 1. The third kappa shape index (κ3) is 2.96. The average Bonchev–Trinajstić information content (AvgIpc) is 2.65. The normalized spacial score (nSPS) is 11.6. The molecule has 0 atom stereocenters. The Morgan fingerprint density at radius 3 is 2.39 bits per heavy atom. The van der Waals surface area contributed by atoms with E-state index >= 15 is 0 Å². The summed E-state index contributed by atoms with van der Waals surface area (Å²) in [6.07, 6.45) is 4.81. The highest BCUT2D eigenvalue weighted by Crippen LogP contribution is 2.30. The van der Waals surface area contributed by atoms with Crippen LogP contribution in [0.15, 0.2) is 30.5 Å². The van der Waals surface area contributed by atoms with Gasteiger partial charge in [0.05, 0.1) is 38.2 Å². The van der Waals surface area contributed by atoms with Crippen LogP contribution in [-0.2, 0) is 6.54 Å². The van der Waals surface area contributed by atoms with Crippen LogP contribution >= 0.6 is 0 Å². The molecule has 0 aliphatic rings. The molecule has 0 N–H and O–H groups in total. The zero-order valence-electron chi connectivity index (χ0n) is 11.8. The molecule has 0 unspecified atom stereocenters. The Bertz CT molecular complexity index is 509. The van der Waals surface area contributed by atoms with Gasteiger partial charge < -0.3 is 21.5 Å². The molecule has 2 aromatic rings. The molecule has 0 fully saturated rings. The van der Waals surface area contributed by atoms with E-state index in [9.17, 15) is 0 Å². The number of fused-ring (bicyclic) bond motifs is 1. The van der Waals surface area contributed by atoms with Gasteiger partial charge in [0.2, 0.25) is 0 Å². The second-order valence-electron chi connectivity index (χ2n) is 5.59. The fraction of sp³-hybridized carbons (Fsp3) is 0.467. The molecule has 2 nitrogen and oxygen atoms in total. The van der Waals surface area contributed by atoms with Gasteiger partial charge in [-0.25, -0.2) is 0 Å². The molecule has 0 amide bonds. The summed E-state index contributed by atoms with van der Waals surface area (Å²) >= 11 is 0. The van der Waals surface area contributed by atoms with Crippen molar-refractivity contribution in [2.75, 3.05) is 21.1 Å². The summed E-state index contributed by atoms with van der Waals surface area (Å²) in [6, 6.07) is 8.72. The second-order valence-corrected chi connectivity index (χ2v) is 5.59. The summed E-state index contributed by atoms with van der Waals surface area (Å²) in [4.78, 5) is 0. The SMILES string of the molecule is CCCCn1cc([N+](C)(C)C)c2ccccc21.[Br-]. The monoisotopic (exact) mass is 310 g/mol. The van der Waals surface area contributed by atoms with E-state index in [0.29, 0.717) is 0 Å². The molecule has 0 spiro atoms. The first-order valence-electron chi connectivity index (χ1n) is 6.44. The minimum Gasteiger partial charge on any atom is -1.00 e. The second kappa shape index (κ2) is 5.89. The highest BCUT2D eigenvalue weighted by molar-refractivity contribution is 5.92. The molecular formula is C15H23BrN2. The van der Waals surface area contributed by atoms with Gasteiger partial charge in [0.15, 0.2) is 5.69 Å². The van der Waals surface area contributed by atoms with E-state index in [1.807, 2.05) is 0 Å². The van der Waals surface area contributed by atoms with Crippen LogP contribution in [0.1, 0.15) is 19.8 Å². The fourth-order valence-electron chi connectivity index (χ4n) is 2.28. The smallest absolute Gasteiger partial charge is 0.158 e. The third-order valence-corrected chi connectivity index (χ3v) is 3.24. The van der Waals surface area contributed by atoms with Crippen molar-refractivity contribution in [2.24, 2.45) is 0 Å². The molecule has 1 heterocycles. The summed E-state index contributed by atoms with van der Waals surface area (Å²) in [6.45, 7) is 3.36. The van der Waals surface area contributed by atoms with Crippen molar-refractivity contribution in [2.45, 2.75) is 26.3 Å². The van der Waals surface area contributed by atoms with Crippen molar-refractivity contribution in [1.29, 1.82) is 0 Å². The van der Waals surface area contributed by atoms with Gasteiger partial charge >= 0.3 is 0 Å². The van der Waals surface area contributed by atoms with Gasteiger partial charge in [-0.1, -0.05) is 25.5 Å². The molecule has 0 radical (unpaired) electrons. The molecular weight excluding hydrogens is 288 g/mol. The largest absolute Gasteiger partial charge is 1.00 e. The van der Waals surface area contributed by atoms with Gasteiger partial charge in [-0.3, -0.25) is 4.48 Å². The van der Waals surface area contributed by atoms with E-state index in [0.717, 1.165) is 11.0 Å². The molecule has 0 aliphatic heterocycles. The van der Waals surface area contributed by atoms with E-state index in [1.165, 1.54) is 29.4 Å². The van der Waals surface area contributed by atoms with Crippen molar-refractivity contribution < 1.29 is 17.0 Å². The lowest BCUT2D eigenvalue weighted by Crippen LogP contribution is -3.00. The number of hydrogen-bond acceptors (Lipinski definition) is 0. The highest BCUT2D eigenvalue weighted by atomic mass is 79.9. The number of rotatable bonds is 4. The molecule has 0 aliphatic carbocycles. The van der Waals surface area contributed by atoms with E-state index < -0.39 is 0 Å². The number of aromatic nitrogens is 1. The zero-order valence-corrected chi connectivity index (χ0v) is 13.4. The van der Waals surface area contributed by atoms with Crippen LogP contribution in [0.25, 0.3) is 10.9 Å². The van der Waals surface area contributed by atoms with E-state index in [1.54, 1.807) is 0 Å². The molecule has 1 aromatic carbocycles. The van der Waals surface area contributed by atoms with Gasteiger partial charge in [-0.15, -0.1) is 0 Å². The number of unbranched alkanes of at least 4 members (excludes halogenated alkanes) is 1. The first-order chi connectivity index (χ1) is 8.04. The van der Waals surface area contributed by atoms with Crippen molar-refractivity contribution in [3.8, 4) is 0 Å². The summed E-state index contributed by atoms with van der Waals surface area (Å²) in [5.74, 6) is 0. The Kier molecular flexibility index (Phi) is 5.00. The van der Waals surface area contributed by atoms with Crippen molar-refractivity contribution in [1.82, 2.24) is 9.05 Å². The summed E-state index contributed by atoms with van der Waals surface area (Å²) in [5, 5.41) is 1.39. The predicted molar refractivity (Wildman–Crippen MR) is 76.4 cm³/mol. The maximum atomic E-state index is 2.40. The Labute approximate surface area is 121 Å². The number of hydrogen-bond donors (Lipinski definition) is 0. The molecule has 0 bridgehead atoms. The molecule has 1 aromatic heterocycles. The summed E-state index contributed by atoms with van der Waals surface area (Å²) in [5.41, 5.74) is 2.76. The third-order valence-electron chi connectivity index (χ3n) is 3.24. The lowest BCUT2D eigenvalue weighted by Gasteiger charge is -2.22. The standard InChI is InChI=1S/C15H23N2.BrH/c1-5-6-11-16-12-15(17(2,3)4)13-9-7-8-10-14(13)16;/h7-10,12H,5-6,11H2,1-4H3;1H/q+1;/p-1. The zero-order chi connectivity index (χ0) is 12.5. The molecule has 18 heavy (non-hydrogen) atoms. The first kappa shape index (κ1) is 15.3. The topological polar surface area (TPSA) is 4.93 Å². The highest BCUT2D eigenvalue weighted by Gasteiger charge is 2.19. The number of benzene rings is 1. The van der Waals surface area contributed by atoms with Crippen LogP contribution in [0.2, 0.25) is 0 Å². The van der Waals surface area contributed by atoms with Crippen molar-refractivity contribution >= 4 is 16.6 Å². The molecule has 0 saturated carbocycles. The molecule has 2 rings (SSSR count). The Balaban J connectivity index is 0.00000162. The quantitative estimate of drug-likeness (QED) is 0.731. The van der Waals surface area contributed by atoms with E-state index in [4.69, 9.17) is 0 Å². The van der Waals surface area contributed by atoms with Gasteiger partial charge in [0, 0.05) is 6.54 Å². The van der Waals surface area contributed by atoms with Crippen LogP contribution < -0.4 is 21.5 Å². The average molecular weight is 311 g/mol. The van der Waals surface area contributed by atoms with Gasteiger partial charge in [0.1, 0.15) is 0 Å². The van der Waals surface area contributed by atoms with Gasteiger partial charge in [-0.05, 0) is 18.6 Å². The lowest BCUT2D eigenvalue weighted by atomic mass is 10.2. The van der Waals surface area contributed by atoms with E-state index in [-0.39, 0.29) is 17.0 Å². The Morgan fingerprint density at radius 2 is 1.78 bits per heavy atom. The van der Waals surface area contributed by atoms with Crippen LogP contribution in [0.5, 0.6) is 0 Å². The maximum Gasteiger partial charge on any atom is 0.158 e. The Hall–Kier alpha value is -0.800. The molecule has 100 valence electrons. The number of halogens is 1. The number of nitrogens with zero attached hydrogens (tertiary/aromatic N) is 2. The molecule has 0 saturated heterocycles. The fourth-order valence-corrected chi connectivity index (χ4v) is 2.28. The number of aryl methyl sites for hydroxylation is 1. The lowest BCUT2D eigenvalue weighted by molar-refractivity contribution is -0.00000383. The van der Waals surface area contributed by atoms with Crippen LogP contribution in [0.3, 0.4) is 0 Å². The predicted octanol–water partition coefficient (Wildman–Crippen LogP) is 0.642.